The van der Waals surface area contributed by atoms with E-state index in [-0.39, 0.29) is 6.10 Å². The van der Waals surface area contributed by atoms with Crippen LogP contribution in [0.5, 0.6) is 0 Å². The Morgan fingerprint density at radius 1 is 1.25 bits per heavy atom. The fourth-order valence-corrected chi connectivity index (χ4v) is 1.14. The van der Waals surface area contributed by atoms with E-state index in [0.29, 0.717) is 0 Å². The third kappa shape index (κ3) is 7.63. The number of unbranched alkanes of at least 4 members (excludes halogenated alkanes) is 2. The van der Waals surface area contributed by atoms with Gasteiger partial charge in [0.25, 0.3) is 0 Å². The van der Waals surface area contributed by atoms with Crippen LogP contribution >= 0.6 is 0 Å². The van der Waals surface area contributed by atoms with Gasteiger partial charge in [-0.05, 0) is 26.2 Å². The molecule has 0 rings (SSSR count). The van der Waals surface area contributed by atoms with Gasteiger partial charge in [-0.2, -0.15) is 0 Å². The van der Waals surface area contributed by atoms with Crippen molar-refractivity contribution in [1.82, 2.24) is 0 Å². The third-order valence-electron chi connectivity index (χ3n) is 1.91. The van der Waals surface area contributed by atoms with Crippen LogP contribution in [-0.4, -0.2) is 11.2 Å². The molecule has 12 heavy (non-hydrogen) atoms. The van der Waals surface area contributed by atoms with E-state index in [9.17, 15) is 5.11 Å². The minimum absolute atomic E-state index is 0.0939. The highest BCUT2D eigenvalue weighted by atomic mass is 16.3. The second-order valence-corrected chi connectivity index (χ2v) is 3.12. The predicted octanol–water partition coefficient (Wildman–Crippen LogP) is 2.73. The summed E-state index contributed by atoms with van der Waals surface area (Å²) in [4.78, 5) is 0. The minimum atomic E-state index is -0.0939. The Kier molecular flexibility index (Phi) is 8.27. The standard InChI is InChI=1S/C11H20O/c1-3-5-7-8-10-11(12)9-6-4-2/h11-12H,4,6-10H2,1-2H3. The van der Waals surface area contributed by atoms with Crippen molar-refractivity contribution < 1.29 is 5.11 Å². The lowest BCUT2D eigenvalue weighted by atomic mass is 10.1. The lowest BCUT2D eigenvalue weighted by Crippen LogP contribution is -2.05. The molecule has 0 aliphatic rings. The van der Waals surface area contributed by atoms with E-state index < -0.39 is 0 Å². The molecule has 0 aromatic carbocycles. The molecule has 1 heteroatoms. The van der Waals surface area contributed by atoms with Crippen molar-refractivity contribution in [2.45, 2.75) is 58.5 Å². The molecule has 0 saturated carbocycles. The van der Waals surface area contributed by atoms with Crippen LogP contribution in [0.4, 0.5) is 0 Å². The highest BCUT2D eigenvalue weighted by molar-refractivity contribution is 4.94. The van der Waals surface area contributed by atoms with E-state index in [0.717, 1.165) is 32.1 Å². The van der Waals surface area contributed by atoms with E-state index in [1.807, 2.05) is 6.92 Å². The molecule has 1 nitrogen and oxygen atoms in total. The molecule has 0 aromatic rings. The highest BCUT2D eigenvalue weighted by Crippen LogP contribution is 2.07. The van der Waals surface area contributed by atoms with Gasteiger partial charge in [0.1, 0.15) is 0 Å². The summed E-state index contributed by atoms with van der Waals surface area (Å²) in [5.41, 5.74) is 0. The number of aliphatic hydroxyl groups excluding tert-OH is 1. The van der Waals surface area contributed by atoms with Gasteiger partial charge in [-0.15, -0.1) is 11.8 Å². The Bertz CT molecular complexity index is 141. The van der Waals surface area contributed by atoms with Crippen LogP contribution in [0.25, 0.3) is 0 Å². The van der Waals surface area contributed by atoms with Crippen LogP contribution in [-0.2, 0) is 0 Å². The zero-order chi connectivity index (χ0) is 9.23. The normalized spacial score (nSPS) is 11.9. The van der Waals surface area contributed by atoms with Gasteiger partial charge in [0.15, 0.2) is 0 Å². The van der Waals surface area contributed by atoms with Crippen LogP contribution in [0.2, 0.25) is 0 Å². The lowest BCUT2D eigenvalue weighted by molar-refractivity contribution is 0.149. The van der Waals surface area contributed by atoms with E-state index in [1.54, 1.807) is 0 Å². The molecule has 0 saturated heterocycles. The molecule has 0 heterocycles. The van der Waals surface area contributed by atoms with Gasteiger partial charge < -0.3 is 5.11 Å². The molecule has 0 aliphatic heterocycles. The molecule has 0 radical (unpaired) electrons. The summed E-state index contributed by atoms with van der Waals surface area (Å²) in [6.45, 7) is 4.00. The maximum absolute atomic E-state index is 9.43. The summed E-state index contributed by atoms with van der Waals surface area (Å²) in [7, 11) is 0. The van der Waals surface area contributed by atoms with Gasteiger partial charge in [0.2, 0.25) is 0 Å². The van der Waals surface area contributed by atoms with Gasteiger partial charge >= 0.3 is 0 Å². The first-order valence-electron chi connectivity index (χ1n) is 4.89. The molecule has 0 bridgehead atoms. The summed E-state index contributed by atoms with van der Waals surface area (Å²) < 4.78 is 0. The molecule has 0 spiro atoms. The number of rotatable bonds is 6. The van der Waals surface area contributed by atoms with Crippen molar-refractivity contribution in [1.29, 1.82) is 0 Å². The molecule has 1 atom stereocenters. The Morgan fingerprint density at radius 3 is 2.50 bits per heavy atom. The summed E-state index contributed by atoms with van der Waals surface area (Å²) >= 11 is 0. The highest BCUT2D eigenvalue weighted by Gasteiger charge is 2.01. The van der Waals surface area contributed by atoms with Crippen molar-refractivity contribution in [2.75, 3.05) is 0 Å². The summed E-state index contributed by atoms with van der Waals surface area (Å²) in [6, 6.07) is 0. The molecule has 0 aromatic heterocycles. The van der Waals surface area contributed by atoms with Crippen LogP contribution in [0.15, 0.2) is 0 Å². The third-order valence-corrected chi connectivity index (χ3v) is 1.91. The van der Waals surface area contributed by atoms with Crippen LogP contribution in [0.1, 0.15) is 52.4 Å². The zero-order valence-corrected chi connectivity index (χ0v) is 8.27. The van der Waals surface area contributed by atoms with E-state index in [1.165, 1.54) is 6.42 Å². The molecule has 1 N–H and O–H groups in total. The van der Waals surface area contributed by atoms with E-state index in [4.69, 9.17) is 0 Å². The first-order valence-corrected chi connectivity index (χ1v) is 4.89. The lowest BCUT2D eigenvalue weighted by Gasteiger charge is -2.07. The fraction of sp³-hybridized carbons (Fsp3) is 0.818. The van der Waals surface area contributed by atoms with Crippen LogP contribution < -0.4 is 0 Å². The second-order valence-electron chi connectivity index (χ2n) is 3.12. The van der Waals surface area contributed by atoms with E-state index >= 15 is 0 Å². The quantitative estimate of drug-likeness (QED) is 0.477. The van der Waals surface area contributed by atoms with Crippen LogP contribution in [0, 0.1) is 11.8 Å². The maximum Gasteiger partial charge on any atom is 0.0540 e. The first kappa shape index (κ1) is 11.5. The molecule has 0 fully saturated rings. The average Bonchev–Trinajstić information content (AvgIpc) is 2.09. The second kappa shape index (κ2) is 8.62. The number of hydrogen-bond acceptors (Lipinski definition) is 1. The molecule has 0 amide bonds. The predicted molar refractivity (Wildman–Crippen MR) is 52.8 cm³/mol. The molecule has 70 valence electrons. The van der Waals surface area contributed by atoms with Gasteiger partial charge in [0, 0.05) is 6.42 Å². The smallest absolute Gasteiger partial charge is 0.0540 e. The van der Waals surface area contributed by atoms with Gasteiger partial charge in [0.05, 0.1) is 6.10 Å². The van der Waals surface area contributed by atoms with Gasteiger partial charge in [-0.25, -0.2) is 0 Å². The number of hydrogen-bond donors (Lipinski definition) is 1. The number of aliphatic hydroxyl groups is 1. The Hall–Kier alpha value is -0.480. The Labute approximate surface area is 76.2 Å². The SMILES string of the molecule is CC#CCCCC(O)CCCC. The summed E-state index contributed by atoms with van der Waals surface area (Å²) in [5, 5.41) is 9.43. The summed E-state index contributed by atoms with van der Waals surface area (Å²) in [5.74, 6) is 5.85. The molecule has 1 unspecified atom stereocenters. The van der Waals surface area contributed by atoms with Crippen LogP contribution in [0.3, 0.4) is 0 Å². The van der Waals surface area contributed by atoms with Crippen molar-refractivity contribution in [3.63, 3.8) is 0 Å². The Balaban J connectivity index is 3.17. The Morgan fingerprint density at radius 2 is 1.92 bits per heavy atom. The average molecular weight is 168 g/mol. The topological polar surface area (TPSA) is 20.2 Å². The fourth-order valence-electron chi connectivity index (χ4n) is 1.14. The monoisotopic (exact) mass is 168 g/mol. The molecular weight excluding hydrogens is 148 g/mol. The van der Waals surface area contributed by atoms with Crippen molar-refractivity contribution in [3.05, 3.63) is 0 Å². The maximum atomic E-state index is 9.43. The largest absolute Gasteiger partial charge is 0.393 e. The summed E-state index contributed by atoms with van der Waals surface area (Å²) in [6.07, 6.45) is 6.05. The van der Waals surface area contributed by atoms with Crippen molar-refractivity contribution in [2.24, 2.45) is 0 Å². The van der Waals surface area contributed by atoms with Gasteiger partial charge in [-0.3, -0.25) is 0 Å². The zero-order valence-electron chi connectivity index (χ0n) is 8.27. The van der Waals surface area contributed by atoms with Gasteiger partial charge in [-0.1, -0.05) is 19.8 Å². The molecular formula is C11H20O. The molecule has 0 aliphatic carbocycles. The van der Waals surface area contributed by atoms with E-state index in [2.05, 4.69) is 18.8 Å². The van der Waals surface area contributed by atoms with Crippen molar-refractivity contribution >= 4 is 0 Å². The van der Waals surface area contributed by atoms with Crippen molar-refractivity contribution in [3.8, 4) is 11.8 Å². The minimum Gasteiger partial charge on any atom is -0.393 e. The first-order chi connectivity index (χ1) is 5.81.